The van der Waals surface area contributed by atoms with Gasteiger partial charge in [-0.05, 0) is 49.2 Å². The number of nitrogens with zero attached hydrogens (tertiary/aromatic N) is 2. The number of rotatable bonds is 3. The van der Waals surface area contributed by atoms with Gasteiger partial charge in [-0.25, -0.2) is 9.37 Å². The maximum Gasteiger partial charge on any atom is 0.247 e. The van der Waals surface area contributed by atoms with E-state index in [1.165, 1.54) is 18.2 Å². The molecule has 1 amide bonds. The Bertz CT molecular complexity index is 965. The van der Waals surface area contributed by atoms with Gasteiger partial charge < -0.3 is 9.88 Å². The molecule has 1 fully saturated rings. The molecule has 4 nitrogen and oxygen atoms in total. The summed E-state index contributed by atoms with van der Waals surface area (Å²) >= 11 is 3.32. The van der Waals surface area contributed by atoms with Crippen LogP contribution in [0.4, 0.5) is 4.39 Å². The lowest BCUT2D eigenvalue weighted by Crippen LogP contribution is -2.29. The van der Waals surface area contributed by atoms with Gasteiger partial charge in [0.05, 0.1) is 17.1 Å². The number of benzene rings is 2. The number of likely N-dealkylation sites (tertiary alicyclic amines) is 1. The van der Waals surface area contributed by atoms with E-state index < -0.39 is 0 Å². The number of imidazole rings is 1. The van der Waals surface area contributed by atoms with E-state index in [0.29, 0.717) is 12.1 Å². The molecule has 1 aromatic heterocycles. The number of H-pyrrole nitrogens is 1. The maximum atomic E-state index is 13.8. The van der Waals surface area contributed by atoms with Crippen molar-refractivity contribution >= 4 is 38.9 Å². The van der Waals surface area contributed by atoms with Gasteiger partial charge in [0.25, 0.3) is 0 Å². The van der Waals surface area contributed by atoms with E-state index in [1.54, 1.807) is 17.0 Å². The number of hydrogen-bond donors (Lipinski definition) is 1. The lowest BCUT2D eigenvalue weighted by molar-refractivity contribution is -0.126. The number of halogens is 2. The zero-order chi connectivity index (χ0) is 18.1. The summed E-state index contributed by atoms with van der Waals surface area (Å²) in [6.07, 6.45) is 4.75. The minimum absolute atomic E-state index is 0.0769. The smallest absolute Gasteiger partial charge is 0.247 e. The van der Waals surface area contributed by atoms with Gasteiger partial charge in [0.15, 0.2) is 0 Å². The number of carbonyl (C=O) groups is 1. The molecule has 2 heterocycles. The topological polar surface area (TPSA) is 49.0 Å². The highest BCUT2D eigenvalue weighted by Crippen LogP contribution is 2.31. The average molecular weight is 414 g/mol. The molecule has 1 saturated heterocycles. The summed E-state index contributed by atoms with van der Waals surface area (Å²) in [5.41, 5.74) is 2.24. The quantitative estimate of drug-likeness (QED) is 0.624. The Morgan fingerprint density at radius 1 is 1.31 bits per heavy atom. The standard InChI is InChI=1S/C20H17BrFN3O/c21-14-8-9-15(22)13(12-14)7-10-19(26)25-11-3-6-18(25)20-23-16-4-1-2-5-17(16)24-20/h1-2,4-5,7-10,12,18H,3,6,11H2,(H,23,24)/b10-7+. The van der Waals surface area contributed by atoms with E-state index >= 15 is 0 Å². The monoisotopic (exact) mass is 413 g/mol. The number of nitrogens with one attached hydrogen (secondary N) is 1. The fourth-order valence-corrected chi connectivity index (χ4v) is 3.72. The predicted octanol–water partition coefficient (Wildman–Crippen LogP) is 4.84. The van der Waals surface area contributed by atoms with Gasteiger partial charge in [-0.1, -0.05) is 28.1 Å². The molecule has 1 aliphatic heterocycles. The van der Waals surface area contributed by atoms with Crippen molar-refractivity contribution in [2.75, 3.05) is 6.54 Å². The third-order valence-corrected chi connectivity index (χ3v) is 5.12. The Morgan fingerprint density at radius 2 is 2.15 bits per heavy atom. The lowest BCUT2D eigenvalue weighted by atomic mass is 10.2. The molecule has 3 aromatic rings. The molecule has 2 aromatic carbocycles. The Morgan fingerprint density at radius 3 is 3.00 bits per heavy atom. The van der Waals surface area contributed by atoms with Crippen LogP contribution < -0.4 is 0 Å². The van der Waals surface area contributed by atoms with E-state index in [4.69, 9.17) is 0 Å². The molecule has 132 valence electrons. The third-order valence-electron chi connectivity index (χ3n) is 4.62. The van der Waals surface area contributed by atoms with Gasteiger partial charge in [0, 0.05) is 22.7 Å². The van der Waals surface area contributed by atoms with Crippen LogP contribution in [-0.2, 0) is 4.79 Å². The van der Waals surface area contributed by atoms with Gasteiger partial charge in [-0.15, -0.1) is 0 Å². The molecule has 26 heavy (non-hydrogen) atoms. The summed E-state index contributed by atoms with van der Waals surface area (Å²) in [5.74, 6) is 0.318. The van der Waals surface area contributed by atoms with Gasteiger partial charge in [0.1, 0.15) is 11.6 Å². The summed E-state index contributed by atoms with van der Waals surface area (Å²) in [6.45, 7) is 0.672. The molecule has 0 aliphatic carbocycles. The molecule has 1 unspecified atom stereocenters. The Labute approximate surface area is 158 Å². The SMILES string of the molecule is O=C(/C=C/c1cc(Br)ccc1F)N1CCCC1c1nc2ccccc2[nH]1. The fourth-order valence-electron chi connectivity index (χ4n) is 3.34. The van der Waals surface area contributed by atoms with Crippen LogP contribution in [0.5, 0.6) is 0 Å². The number of aromatic nitrogens is 2. The summed E-state index contributed by atoms with van der Waals surface area (Å²) < 4.78 is 14.6. The number of hydrogen-bond acceptors (Lipinski definition) is 2. The number of aromatic amines is 1. The molecule has 4 rings (SSSR count). The van der Waals surface area contributed by atoms with Crippen molar-refractivity contribution < 1.29 is 9.18 Å². The first kappa shape index (κ1) is 17.0. The van der Waals surface area contributed by atoms with Crippen LogP contribution in [0.25, 0.3) is 17.1 Å². The van der Waals surface area contributed by atoms with Crippen LogP contribution in [-0.4, -0.2) is 27.3 Å². The van der Waals surface area contributed by atoms with Crippen molar-refractivity contribution in [1.29, 1.82) is 0 Å². The van der Waals surface area contributed by atoms with Crippen LogP contribution in [0, 0.1) is 5.82 Å². The second-order valence-corrected chi connectivity index (χ2v) is 7.24. The van der Waals surface area contributed by atoms with Gasteiger partial charge >= 0.3 is 0 Å². The van der Waals surface area contributed by atoms with E-state index in [0.717, 1.165) is 34.2 Å². The minimum atomic E-state index is -0.354. The first-order chi connectivity index (χ1) is 12.6. The average Bonchev–Trinajstić information content (AvgIpc) is 3.28. The van der Waals surface area contributed by atoms with Crippen molar-refractivity contribution in [2.45, 2.75) is 18.9 Å². The van der Waals surface area contributed by atoms with Crippen LogP contribution in [0.3, 0.4) is 0 Å². The summed E-state index contributed by atoms with van der Waals surface area (Å²) in [6, 6.07) is 12.4. The molecule has 0 bridgehead atoms. The lowest BCUT2D eigenvalue weighted by Gasteiger charge is -2.21. The highest BCUT2D eigenvalue weighted by Gasteiger charge is 2.31. The maximum absolute atomic E-state index is 13.8. The van der Waals surface area contributed by atoms with Gasteiger partial charge in [0.2, 0.25) is 5.91 Å². The molecule has 6 heteroatoms. The van der Waals surface area contributed by atoms with E-state index in [9.17, 15) is 9.18 Å². The third kappa shape index (κ3) is 3.29. The van der Waals surface area contributed by atoms with Crippen molar-refractivity contribution in [1.82, 2.24) is 14.9 Å². The second kappa shape index (κ2) is 7.03. The van der Waals surface area contributed by atoms with Crippen molar-refractivity contribution in [2.24, 2.45) is 0 Å². The molecule has 1 N–H and O–H groups in total. The minimum Gasteiger partial charge on any atom is -0.340 e. The van der Waals surface area contributed by atoms with Crippen LogP contribution in [0.1, 0.15) is 30.3 Å². The fraction of sp³-hybridized carbons (Fsp3) is 0.200. The number of fused-ring (bicyclic) bond motifs is 1. The van der Waals surface area contributed by atoms with Crippen LogP contribution in [0.2, 0.25) is 0 Å². The molecule has 0 spiro atoms. The van der Waals surface area contributed by atoms with Crippen molar-refractivity contribution in [3.05, 3.63) is 70.2 Å². The predicted molar refractivity (Wildman–Crippen MR) is 103 cm³/mol. The summed E-state index contributed by atoms with van der Waals surface area (Å²) in [5, 5.41) is 0. The summed E-state index contributed by atoms with van der Waals surface area (Å²) in [7, 11) is 0. The summed E-state index contributed by atoms with van der Waals surface area (Å²) in [4.78, 5) is 22.4. The van der Waals surface area contributed by atoms with Crippen LogP contribution in [0.15, 0.2) is 53.0 Å². The van der Waals surface area contributed by atoms with Crippen molar-refractivity contribution in [3.63, 3.8) is 0 Å². The number of carbonyl (C=O) groups excluding carboxylic acids is 1. The zero-order valence-electron chi connectivity index (χ0n) is 14.0. The second-order valence-electron chi connectivity index (χ2n) is 6.33. The van der Waals surface area contributed by atoms with Gasteiger partial charge in [-0.3, -0.25) is 4.79 Å². The molecule has 1 atom stereocenters. The number of para-hydroxylation sites is 2. The van der Waals surface area contributed by atoms with E-state index in [1.807, 2.05) is 24.3 Å². The first-order valence-electron chi connectivity index (χ1n) is 8.50. The van der Waals surface area contributed by atoms with E-state index in [-0.39, 0.29) is 17.8 Å². The normalized spacial score (nSPS) is 17.5. The highest BCUT2D eigenvalue weighted by atomic mass is 79.9. The Kier molecular flexibility index (Phi) is 4.59. The molecule has 0 radical (unpaired) electrons. The zero-order valence-corrected chi connectivity index (χ0v) is 15.5. The Balaban J connectivity index is 1.56. The molecule has 0 saturated carbocycles. The highest BCUT2D eigenvalue weighted by molar-refractivity contribution is 9.10. The first-order valence-corrected chi connectivity index (χ1v) is 9.29. The molecule has 1 aliphatic rings. The number of amides is 1. The van der Waals surface area contributed by atoms with E-state index in [2.05, 4.69) is 25.9 Å². The van der Waals surface area contributed by atoms with Crippen molar-refractivity contribution in [3.8, 4) is 0 Å². The largest absolute Gasteiger partial charge is 0.340 e. The van der Waals surface area contributed by atoms with Gasteiger partial charge in [-0.2, -0.15) is 0 Å². The Hall–Kier alpha value is -2.47. The molecular weight excluding hydrogens is 397 g/mol. The molecular formula is C20H17BrFN3O. The van der Waals surface area contributed by atoms with Crippen LogP contribution >= 0.6 is 15.9 Å².